The zero-order chi connectivity index (χ0) is 13.0. The number of rotatable bonds is 5. The van der Waals surface area contributed by atoms with Crippen LogP contribution in [0, 0.1) is 5.82 Å². The zero-order valence-electron chi connectivity index (χ0n) is 10.0. The second-order valence-corrected chi connectivity index (χ2v) is 4.86. The molecule has 2 aromatic rings. The Kier molecular flexibility index (Phi) is 4.49. The number of hydrogen-bond acceptors (Lipinski definition) is 3. The fourth-order valence-corrected chi connectivity index (χ4v) is 1.93. The van der Waals surface area contributed by atoms with E-state index in [1.165, 1.54) is 6.07 Å². The monoisotopic (exact) mass is 312 g/mol. The highest BCUT2D eigenvalue weighted by Gasteiger charge is 2.11. The lowest BCUT2D eigenvalue weighted by Gasteiger charge is -1.99. The van der Waals surface area contributed by atoms with Gasteiger partial charge in [0.2, 0.25) is 5.89 Å². The van der Waals surface area contributed by atoms with Crippen molar-refractivity contribution in [1.29, 1.82) is 0 Å². The fraction of sp³-hybridized carbons (Fsp3) is 0.308. The molecule has 5 heteroatoms. The van der Waals surface area contributed by atoms with Gasteiger partial charge in [-0.05, 0) is 31.2 Å². The van der Waals surface area contributed by atoms with Crippen molar-refractivity contribution < 1.29 is 8.81 Å². The summed E-state index contributed by atoms with van der Waals surface area (Å²) in [5, 5.41) is 3.22. The SMILES string of the molecule is CCCNCc1coc(-c2cc(Br)ccc2F)n1. The molecule has 0 saturated carbocycles. The Balaban J connectivity index is 2.16. The second kappa shape index (κ2) is 6.11. The first kappa shape index (κ1) is 13.2. The van der Waals surface area contributed by atoms with Gasteiger partial charge in [-0.25, -0.2) is 9.37 Å². The van der Waals surface area contributed by atoms with Gasteiger partial charge in [-0.1, -0.05) is 22.9 Å². The minimum absolute atomic E-state index is 0.307. The third kappa shape index (κ3) is 3.17. The number of halogens is 2. The molecule has 1 N–H and O–H groups in total. The quantitative estimate of drug-likeness (QED) is 0.855. The van der Waals surface area contributed by atoms with Gasteiger partial charge in [0, 0.05) is 11.0 Å². The molecule has 2 rings (SSSR count). The first-order chi connectivity index (χ1) is 8.70. The van der Waals surface area contributed by atoms with Crippen LogP contribution in [0.2, 0.25) is 0 Å². The van der Waals surface area contributed by atoms with Crippen LogP contribution < -0.4 is 5.32 Å². The van der Waals surface area contributed by atoms with Gasteiger partial charge in [0.25, 0.3) is 0 Å². The van der Waals surface area contributed by atoms with E-state index in [2.05, 4.69) is 33.2 Å². The molecule has 18 heavy (non-hydrogen) atoms. The van der Waals surface area contributed by atoms with Gasteiger partial charge >= 0.3 is 0 Å². The van der Waals surface area contributed by atoms with Crippen LogP contribution in [-0.4, -0.2) is 11.5 Å². The molecule has 3 nitrogen and oxygen atoms in total. The van der Waals surface area contributed by atoms with Gasteiger partial charge in [0.05, 0.1) is 11.3 Å². The minimum Gasteiger partial charge on any atom is -0.444 e. The van der Waals surface area contributed by atoms with Crippen molar-refractivity contribution in [3.05, 3.63) is 40.4 Å². The van der Waals surface area contributed by atoms with Gasteiger partial charge < -0.3 is 9.73 Å². The molecule has 96 valence electrons. The smallest absolute Gasteiger partial charge is 0.229 e. The number of hydrogen-bond donors (Lipinski definition) is 1. The van der Waals surface area contributed by atoms with E-state index in [4.69, 9.17) is 4.42 Å². The largest absolute Gasteiger partial charge is 0.444 e. The summed E-state index contributed by atoms with van der Waals surface area (Å²) in [6.45, 7) is 3.65. The lowest BCUT2D eigenvalue weighted by molar-refractivity contribution is 0.559. The molecule has 0 fully saturated rings. The van der Waals surface area contributed by atoms with Crippen LogP contribution in [0.3, 0.4) is 0 Å². The van der Waals surface area contributed by atoms with Crippen molar-refractivity contribution in [3.8, 4) is 11.5 Å². The summed E-state index contributed by atoms with van der Waals surface area (Å²) in [7, 11) is 0. The molecule has 0 aliphatic rings. The Morgan fingerprint density at radius 2 is 2.28 bits per heavy atom. The van der Waals surface area contributed by atoms with E-state index in [9.17, 15) is 4.39 Å². The van der Waals surface area contributed by atoms with Gasteiger partial charge in [0.1, 0.15) is 12.1 Å². The highest BCUT2D eigenvalue weighted by Crippen LogP contribution is 2.25. The molecule has 0 atom stereocenters. The van der Waals surface area contributed by atoms with Crippen LogP contribution in [0.4, 0.5) is 4.39 Å². The highest BCUT2D eigenvalue weighted by molar-refractivity contribution is 9.10. The summed E-state index contributed by atoms with van der Waals surface area (Å²) >= 11 is 3.30. The molecule has 0 amide bonds. The van der Waals surface area contributed by atoms with Crippen LogP contribution in [0.15, 0.2) is 33.4 Å². The molecule has 1 aromatic heterocycles. The zero-order valence-corrected chi connectivity index (χ0v) is 11.6. The third-order valence-electron chi connectivity index (χ3n) is 2.44. The van der Waals surface area contributed by atoms with E-state index in [0.29, 0.717) is 18.0 Å². The lowest BCUT2D eigenvalue weighted by atomic mass is 10.2. The number of aromatic nitrogens is 1. The van der Waals surface area contributed by atoms with Crippen molar-refractivity contribution in [2.45, 2.75) is 19.9 Å². The summed E-state index contributed by atoms with van der Waals surface area (Å²) in [4.78, 5) is 4.26. The average molecular weight is 313 g/mol. The second-order valence-electron chi connectivity index (χ2n) is 3.94. The van der Waals surface area contributed by atoms with E-state index in [1.807, 2.05) is 0 Å². The molecule has 0 aliphatic heterocycles. The molecule has 0 radical (unpaired) electrons. The molecular weight excluding hydrogens is 299 g/mol. The summed E-state index contributed by atoms with van der Waals surface area (Å²) in [5.41, 5.74) is 1.14. The van der Waals surface area contributed by atoms with Crippen LogP contribution in [0.25, 0.3) is 11.5 Å². The van der Waals surface area contributed by atoms with Crippen LogP contribution in [0.1, 0.15) is 19.0 Å². The van der Waals surface area contributed by atoms with Gasteiger partial charge in [-0.2, -0.15) is 0 Å². The standard InChI is InChI=1S/C13H14BrFN2O/c1-2-5-16-7-10-8-18-13(17-10)11-6-9(14)3-4-12(11)15/h3-4,6,8,16H,2,5,7H2,1H3. The molecule has 0 aliphatic carbocycles. The predicted molar refractivity (Wildman–Crippen MR) is 71.6 cm³/mol. The molecular formula is C13H14BrFN2O. The lowest BCUT2D eigenvalue weighted by Crippen LogP contribution is -2.13. The molecule has 0 saturated heterocycles. The molecule has 0 unspecified atom stereocenters. The molecule has 1 heterocycles. The Morgan fingerprint density at radius 1 is 1.44 bits per heavy atom. The Labute approximate surface area is 114 Å². The summed E-state index contributed by atoms with van der Waals surface area (Å²) in [6, 6.07) is 4.69. The van der Waals surface area contributed by atoms with Crippen LogP contribution >= 0.6 is 15.9 Å². The maximum Gasteiger partial charge on any atom is 0.229 e. The van der Waals surface area contributed by atoms with Gasteiger partial charge in [0.15, 0.2) is 0 Å². The maximum atomic E-state index is 13.6. The van der Waals surface area contributed by atoms with E-state index >= 15 is 0 Å². The number of nitrogens with one attached hydrogen (secondary N) is 1. The maximum absolute atomic E-state index is 13.6. The first-order valence-electron chi connectivity index (χ1n) is 5.81. The van der Waals surface area contributed by atoms with Gasteiger partial charge in [-0.15, -0.1) is 0 Å². The normalized spacial score (nSPS) is 10.8. The van der Waals surface area contributed by atoms with Crippen LogP contribution in [0.5, 0.6) is 0 Å². The highest BCUT2D eigenvalue weighted by atomic mass is 79.9. The average Bonchev–Trinajstić information content (AvgIpc) is 2.81. The summed E-state index contributed by atoms with van der Waals surface area (Å²) < 4.78 is 19.7. The topological polar surface area (TPSA) is 38.1 Å². The number of oxazole rings is 1. The minimum atomic E-state index is -0.340. The van der Waals surface area contributed by atoms with E-state index < -0.39 is 0 Å². The summed E-state index contributed by atoms with van der Waals surface area (Å²) in [5.74, 6) is -0.0322. The van der Waals surface area contributed by atoms with E-state index in [-0.39, 0.29) is 5.82 Å². The van der Waals surface area contributed by atoms with Crippen molar-refractivity contribution in [2.75, 3.05) is 6.54 Å². The predicted octanol–water partition coefficient (Wildman–Crippen LogP) is 3.74. The van der Waals surface area contributed by atoms with E-state index in [0.717, 1.165) is 23.1 Å². The Morgan fingerprint density at radius 3 is 3.06 bits per heavy atom. The number of benzene rings is 1. The fourth-order valence-electron chi connectivity index (χ4n) is 1.57. The Hall–Kier alpha value is -1.20. The Bertz CT molecular complexity index is 527. The number of nitrogens with zero attached hydrogens (tertiary/aromatic N) is 1. The molecule has 0 spiro atoms. The van der Waals surface area contributed by atoms with Crippen LogP contribution in [-0.2, 0) is 6.54 Å². The third-order valence-corrected chi connectivity index (χ3v) is 2.94. The van der Waals surface area contributed by atoms with Crippen molar-refractivity contribution >= 4 is 15.9 Å². The van der Waals surface area contributed by atoms with Crippen molar-refractivity contribution in [1.82, 2.24) is 10.3 Å². The van der Waals surface area contributed by atoms with E-state index in [1.54, 1.807) is 18.4 Å². The van der Waals surface area contributed by atoms with Gasteiger partial charge in [-0.3, -0.25) is 0 Å². The molecule has 0 bridgehead atoms. The van der Waals surface area contributed by atoms with Crippen molar-refractivity contribution in [2.24, 2.45) is 0 Å². The summed E-state index contributed by atoms with van der Waals surface area (Å²) in [6.07, 6.45) is 2.61. The molecule has 1 aromatic carbocycles. The van der Waals surface area contributed by atoms with Crippen molar-refractivity contribution in [3.63, 3.8) is 0 Å². The first-order valence-corrected chi connectivity index (χ1v) is 6.60.